The van der Waals surface area contributed by atoms with E-state index in [1.54, 1.807) is 0 Å². The van der Waals surface area contributed by atoms with Gasteiger partial charge in [-0.05, 0) is 17.7 Å². The van der Waals surface area contributed by atoms with Gasteiger partial charge in [-0.1, -0.05) is 6.07 Å². The van der Waals surface area contributed by atoms with Gasteiger partial charge in [0.1, 0.15) is 12.4 Å². The van der Waals surface area contributed by atoms with Crippen LogP contribution in [0.2, 0.25) is 0 Å². The molecule has 1 heterocycles. The Hall–Kier alpha value is -1.75. The molecule has 0 spiro atoms. The van der Waals surface area contributed by atoms with Gasteiger partial charge in [-0.25, -0.2) is 0 Å². The van der Waals surface area contributed by atoms with E-state index in [4.69, 9.17) is 16.2 Å². The molecule has 0 aromatic heterocycles. The summed E-state index contributed by atoms with van der Waals surface area (Å²) in [5.41, 5.74) is 12.9. The van der Waals surface area contributed by atoms with Crippen LogP contribution >= 0.6 is 0 Å². The lowest BCUT2D eigenvalue weighted by Gasteiger charge is -2.28. The Balaban J connectivity index is 2.24. The normalized spacial score (nSPS) is 16.0. The average molecular weight is 235 g/mol. The summed E-state index contributed by atoms with van der Waals surface area (Å²) in [6.45, 7) is 1.54. The summed E-state index contributed by atoms with van der Waals surface area (Å²) in [7, 11) is 2.02. The smallest absolute Gasteiger partial charge is 0.219 e. The SMILES string of the molecule is CN1CCOc2cc(C(N)CC(N)=O)ccc21. The minimum Gasteiger partial charge on any atom is -0.490 e. The number of nitrogens with zero attached hydrogens (tertiary/aromatic N) is 1. The van der Waals surface area contributed by atoms with Gasteiger partial charge in [-0.2, -0.15) is 0 Å². The summed E-state index contributed by atoms with van der Waals surface area (Å²) in [5, 5.41) is 0. The maximum Gasteiger partial charge on any atom is 0.219 e. The van der Waals surface area contributed by atoms with Crippen LogP contribution in [0.15, 0.2) is 18.2 Å². The minimum atomic E-state index is -0.395. The topological polar surface area (TPSA) is 81.6 Å². The van der Waals surface area contributed by atoms with E-state index in [0.717, 1.165) is 23.5 Å². The molecule has 1 amide bonds. The predicted molar refractivity (Wildman–Crippen MR) is 65.9 cm³/mol. The van der Waals surface area contributed by atoms with Crippen LogP contribution in [0.3, 0.4) is 0 Å². The molecule has 1 aromatic rings. The first-order chi connectivity index (χ1) is 8.08. The molecule has 0 saturated carbocycles. The first kappa shape index (κ1) is 11.7. The van der Waals surface area contributed by atoms with Crippen molar-refractivity contribution in [3.05, 3.63) is 23.8 Å². The number of nitrogens with two attached hydrogens (primary N) is 2. The zero-order valence-electron chi connectivity index (χ0n) is 9.85. The van der Waals surface area contributed by atoms with Crippen molar-refractivity contribution < 1.29 is 9.53 Å². The fourth-order valence-corrected chi connectivity index (χ4v) is 1.94. The van der Waals surface area contributed by atoms with E-state index < -0.39 is 5.91 Å². The molecule has 0 aliphatic carbocycles. The molecule has 4 N–H and O–H groups in total. The van der Waals surface area contributed by atoms with Gasteiger partial charge in [0.15, 0.2) is 0 Å². The second-order valence-electron chi connectivity index (χ2n) is 4.27. The zero-order valence-corrected chi connectivity index (χ0v) is 9.85. The lowest BCUT2D eigenvalue weighted by atomic mass is 10.0. The van der Waals surface area contributed by atoms with Gasteiger partial charge in [-0.3, -0.25) is 4.79 Å². The van der Waals surface area contributed by atoms with Crippen molar-refractivity contribution in [2.45, 2.75) is 12.5 Å². The summed E-state index contributed by atoms with van der Waals surface area (Å²) in [6, 6.07) is 5.40. The van der Waals surface area contributed by atoms with E-state index in [2.05, 4.69) is 4.90 Å². The molecule has 1 aromatic carbocycles. The van der Waals surface area contributed by atoms with Gasteiger partial charge in [0.05, 0.1) is 12.2 Å². The second kappa shape index (κ2) is 4.63. The van der Waals surface area contributed by atoms with Crippen molar-refractivity contribution in [2.75, 3.05) is 25.1 Å². The number of fused-ring (bicyclic) bond motifs is 1. The van der Waals surface area contributed by atoms with Gasteiger partial charge in [0.25, 0.3) is 0 Å². The van der Waals surface area contributed by atoms with Crippen molar-refractivity contribution in [1.29, 1.82) is 0 Å². The van der Waals surface area contributed by atoms with Gasteiger partial charge < -0.3 is 21.1 Å². The monoisotopic (exact) mass is 235 g/mol. The molecule has 1 unspecified atom stereocenters. The molecule has 92 valence electrons. The standard InChI is InChI=1S/C12H17N3O2/c1-15-4-5-17-11-6-8(2-3-10(11)15)9(13)7-12(14)16/h2-3,6,9H,4-5,7,13H2,1H3,(H2,14,16). The first-order valence-electron chi connectivity index (χ1n) is 5.59. The van der Waals surface area contributed by atoms with Crippen molar-refractivity contribution in [3.63, 3.8) is 0 Å². The fourth-order valence-electron chi connectivity index (χ4n) is 1.94. The van der Waals surface area contributed by atoms with Gasteiger partial charge in [0, 0.05) is 19.5 Å². The number of amides is 1. The molecule has 1 aliphatic rings. The number of hydrogen-bond donors (Lipinski definition) is 2. The molecule has 0 radical (unpaired) electrons. The van der Waals surface area contributed by atoms with Crippen molar-refractivity contribution >= 4 is 11.6 Å². The predicted octanol–water partition coefficient (Wildman–Crippen LogP) is 0.390. The fraction of sp³-hybridized carbons (Fsp3) is 0.417. The summed E-state index contributed by atoms with van der Waals surface area (Å²) >= 11 is 0. The Morgan fingerprint density at radius 1 is 1.59 bits per heavy atom. The third-order valence-corrected chi connectivity index (χ3v) is 2.93. The van der Waals surface area contributed by atoms with E-state index in [1.807, 2.05) is 25.2 Å². The van der Waals surface area contributed by atoms with Crippen molar-refractivity contribution in [3.8, 4) is 5.75 Å². The number of ether oxygens (including phenoxy) is 1. The highest BCUT2D eigenvalue weighted by atomic mass is 16.5. The Kier molecular flexibility index (Phi) is 3.19. The van der Waals surface area contributed by atoms with Crippen molar-refractivity contribution in [2.24, 2.45) is 11.5 Å². The van der Waals surface area contributed by atoms with Gasteiger partial charge in [-0.15, -0.1) is 0 Å². The molecule has 1 atom stereocenters. The van der Waals surface area contributed by atoms with Crippen molar-refractivity contribution in [1.82, 2.24) is 0 Å². The van der Waals surface area contributed by atoms with Gasteiger partial charge >= 0.3 is 0 Å². The molecule has 0 bridgehead atoms. The second-order valence-corrected chi connectivity index (χ2v) is 4.27. The number of carbonyl (C=O) groups excluding carboxylic acids is 1. The number of carbonyl (C=O) groups is 1. The Bertz CT molecular complexity index is 434. The molecule has 2 rings (SSSR count). The number of likely N-dealkylation sites (N-methyl/N-ethyl adjacent to an activating group) is 1. The third kappa shape index (κ3) is 2.50. The molecular formula is C12H17N3O2. The summed E-state index contributed by atoms with van der Waals surface area (Å²) in [5.74, 6) is 0.421. The summed E-state index contributed by atoms with van der Waals surface area (Å²) in [4.78, 5) is 13.0. The highest BCUT2D eigenvalue weighted by Gasteiger charge is 2.17. The molecule has 0 saturated heterocycles. The zero-order chi connectivity index (χ0) is 12.4. The number of anilines is 1. The molecule has 5 heteroatoms. The molecule has 0 fully saturated rings. The average Bonchev–Trinajstić information content (AvgIpc) is 2.28. The summed E-state index contributed by atoms with van der Waals surface area (Å²) < 4.78 is 5.58. The minimum absolute atomic E-state index is 0.147. The molecular weight excluding hydrogens is 218 g/mol. The third-order valence-electron chi connectivity index (χ3n) is 2.93. The number of primary amides is 1. The van der Waals surface area contributed by atoms with Crippen LogP contribution in [0.5, 0.6) is 5.75 Å². The van der Waals surface area contributed by atoms with Gasteiger partial charge in [0.2, 0.25) is 5.91 Å². The summed E-state index contributed by atoms with van der Waals surface area (Å²) in [6.07, 6.45) is 0.147. The number of rotatable bonds is 3. The number of benzene rings is 1. The van der Waals surface area contributed by atoms with Crippen LogP contribution in [0.4, 0.5) is 5.69 Å². The van der Waals surface area contributed by atoms with E-state index in [0.29, 0.717) is 6.61 Å². The van der Waals surface area contributed by atoms with E-state index in [9.17, 15) is 4.79 Å². The van der Waals surface area contributed by atoms with Crippen LogP contribution < -0.4 is 21.1 Å². The van der Waals surface area contributed by atoms with Crippen LogP contribution in [-0.4, -0.2) is 26.1 Å². The van der Waals surface area contributed by atoms with Crippen LogP contribution in [0, 0.1) is 0 Å². The van der Waals surface area contributed by atoms with Crippen LogP contribution in [0.25, 0.3) is 0 Å². The molecule has 17 heavy (non-hydrogen) atoms. The highest BCUT2D eigenvalue weighted by molar-refractivity contribution is 5.74. The maximum absolute atomic E-state index is 10.8. The first-order valence-corrected chi connectivity index (χ1v) is 5.59. The van der Waals surface area contributed by atoms with Crippen LogP contribution in [-0.2, 0) is 4.79 Å². The number of hydrogen-bond acceptors (Lipinski definition) is 4. The lowest BCUT2D eigenvalue weighted by Crippen LogP contribution is -2.29. The van der Waals surface area contributed by atoms with E-state index in [-0.39, 0.29) is 12.5 Å². The Morgan fingerprint density at radius 3 is 3.06 bits per heavy atom. The van der Waals surface area contributed by atoms with E-state index in [1.165, 1.54) is 0 Å². The largest absolute Gasteiger partial charge is 0.490 e. The highest BCUT2D eigenvalue weighted by Crippen LogP contribution is 2.33. The van der Waals surface area contributed by atoms with E-state index >= 15 is 0 Å². The maximum atomic E-state index is 10.8. The molecule has 1 aliphatic heterocycles. The Morgan fingerprint density at radius 2 is 2.35 bits per heavy atom. The quantitative estimate of drug-likeness (QED) is 0.794. The van der Waals surface area contributed by atoms with Crippen LogP contribution in [0.1, 0.15) is 18.0 Å². The Labute approximate surface area is 100 Å². The lowest BCUT2D eigenvalue weighted by molar-refractivity contribution is -0.118. The molecule has 5 nitrogen and oxygen atoms in total.